The van der Waals surface area contributed by atoms with Crippen LogP contribution in [0.2, 0.25) is 0 Å². The van der Waals surface area contributed by atoms with Gasteiger partial charge in [0.25, 0.3) is 0 Å². The summed E-state index contributed by atoms with van der Waals surface area (Å²) in [5.41, 5.74) is 7.97. The zero-order valence-electron chi connectivity index (χ0n) is 31.7. The molecular formula is C54H35N3O. The summed E-state index contributed by atoms with van der Waals surface area (Å²) in [5.74, 6) is 1.87. The van der Waals surface area contributed by atoms with Gasteiger partial charge in [0, 0.05) is 27.5 Å². The minimum Gasteiger partial charge on any atom is -0.456 e. The molecule has 0 amide bonds. The van der Waals surface area contributed by atoms with Gasteiger partial charge in [-0.2, -0.15) is 0 Å². The molecule has 0 fully saturated rings. The van der Waals surface area contributed by atoms with E-state index in [1.165, 1.54) is 5.39 Å². The molecule has 0 aliphatic carbocycles. The number of nitrogens with zero attached hydrogens (tertiary/aromatic N) is 3. The average molecular weight is 742 g/mol. The van der Waals surface area contributed by atoms with Crippen molar-refractivity contribution in [2.45, 2.75) is 6.92 Å². The molecule has 0 aliphatic rings. The summed E-state index contributed by atoms with van der Waals surface area (Å²) in [7, 11) is 0. The highest BCUT2D eigenvalue weighted by molar-refractivity contribution is 6.16. The van der Waals surface area contributed by atoms with E-state index in [2.05, 4.69) is 170 Å². The van der Waals surface area contributed by atoms with Crippen molar-refractivity contribution in [1.82, 2.24) is 15.0 Å². The van der Waals surface area contributed by atoms with Crippen molar-refractivity contribution in [3.63, 3.8) is 0 Å². The molecule has 11 rings (SSSR count). The molecule has 0 atom stereocenters. The number of hydrogen-bond acceptors (Lipinski definition) is 4. The Morgan fingerprint density at radius 2 is 1.00 bits per heavy atom. The highest BCUT2D eigenvalue weighted by atomic mass is 16.3. The van der Waals surface area contributed by atoms with Crippen LogP contribution in [0.4, 0.5) is 0 Å². The molecule has 0 bridgehead atoms. The lowest BCUT2D eigenvalue weighted by molar-refractivity contribution is 0.669. The summed E-state index contributed by atoms with van der Waals surface area (Å²) < 4.78 is 6.31. The summed E-state index contributed by atoms with van der Waals surface area (Å²) in [6.07, 6.45) is 8.32. The maximum absolute atomic E-state index is 6.31. The van der Waals surface area contributed by atoms with E-state index < -0.39 is 0 Å². The molecule has 4 heteroatoms. The van der Waals surface area contributed by atoms with Crippen LogP contribution in [0.1, 0.15) is 12.5 Å². The van der Waals surface area contributed by atoms with Crippen LogP contribution in [0.5, 0.6) is 0 Å². The molecule has 2 heterocycles. The monoisotopic (exact) mass is 741 g/mol. The molecule has 0 saturated heterocycles. The summed E-state index contributed by atoms with van der Waals surface area (Å²) in [6, 6.07) is 59.7. The van der Waals surface area contributed by atoms with Crippen LogP contribution in [-0.4, -0.2) is 15.0 Å². The topological polar surface area (TPSA) is 51.8 Å². The molecule has 272 valence electrons. The van der Waals surface area contributed by atoms with Crippen LogP contribution >= 0.6 is 0 Å². The Morgan fingerprint density at radius 3 is 1.86 bits per heavy atom. The van der Waals surface area contributed by atoms with E-state index in [-0.39, 0.29) is 0 Å². The fourth-order valence-corrected chi connectivity index (χ4v) is 8.58. The van der Waals surface area contributed by atoms with Gasteiger partial charge in [-0.25, -0.2) is 15.0 Å². The van der Waals surface area contributed by atoms with Crippen molar-refractivity contribution in [3.8, 4) is 45.3 Å². The summed E-state index contributed by atoms with van der Waals surface area (Å²) in [4.78, 5) is 16.0. The number of rotatable bonds is 6. The predicted octanol–water partition coefficient (Wildman–Crippen LogP) is 14.6. The van der Waals surface area contributed by atoms with Crippen molar-refractivity contribution in [1.29, 1.82) is 0 Å². The Morgan fingerprint density at radius 1 is 0.397 bits per heavy atom. The van der Waals surface area contributed by atoms with Gasteiger partial charge in [-0.3, -0.25) is 0 Å². The van der Waals surface area contributed by atoms with Gasteiger partial charge < -0.3 is 4.42 Å². The molecule has 11 aromatic rings. The standard InChI is InChI=1S/C54H35N3O/c1-2-3-4-15-34-17-11-18-35-30-31-37(33-47(34)35)52-55-53(57-54(56-52)48-32-36-16-5-6-19-38(36)39-20-7-8-21-43(39)48)45-27-13-23-40-41(24-12-25-42(40)45)44-26-14-29-50-51(44)46-22-9-10-28-49(46)58-50/h2-33H,1H3/b3-2-,15-4-. The highest BCUT2D eigenvalue weighted by Crippen LogP contribution is 2.42. The first-order valence-corrected chi connectivity index (χ1v) is 19.6. The fourth-order valence-electron chi connectivity index (χ4n) is 8.58. The second kappa shape index (κ2) is 13.8. The van der Waals surface area contributed by atoms with Gasteiger partial charge in [-0.1, -0.05) is 170 Å². The van der Waals surface area contributed by atoms with E-state index in [1.807, 2.05) is 31.2 Å². The van der Waals surface area contributed by atoms with Crippen molar-refractivity contribution < 1.29 is 4.42 Å². The van der Waals surface area contributed by atoms with Crippen LogP contribution < -0.4 is 0 Å². The third-order valence-corrected chi connectivity index (χ3v) is 11.3. The maximum atomic E-state index is 6.31. The van der Waals surface area contributed by atoms with Gasteiger partial charge >= 0.3 is 0 Å². The minimum atomic E-state index is 0.619. The average Bonchev–Trinajstić information content (AvgIpc) is 3.67. The second-order valence-electron chi connectivity index (χ2n) is 14.6. The van der Waals surface area contributed by atoms with E-state index in [1.54, 1.807) is 0 Å². The van der Waals surface area contributed by atoms with Crippen molar-refractivity contribution in [2.24, 2.45) is 0 Å². The molecule has 0 radical (unpaired) electrons. The van der Waals surface area contributed by atoms with E-state index in [0.29, 0.717) is 17.5 Å². The molecule has 2 aromatic heterocycles. The van der Waals surface area contributed by atoms with Gasteiger partial charge in [0.15, 0.2) is 17.5 Å². The summed E-state index contributed by atoms with van der Waals surface area (Å²) in [6.45, 7) is 2.03. The zero-order valence-corrected chi connectivity index (χ0v) is 31.7. The van der Waals surface area contributed by atoms with E-state index in [9.17, 15) is 0 Å². The number of para-hydroxylation sites is 1. The highest BCUT2D eigenvalue weighted by Gasteiger charge is 2.20. The molecule has 0 spiro atoms. The number of hydrogen-bond donors (Lipinski definition) is 0. The van der Waals surface area contributed by atoms with Gasteiger partial charge in [0.1, 0.15) is 11.2 Å². The molecule has 0 aliphatic heterocycles. The predicted molar refractivity (Wildman–Crippen MR) is 243 cm³/mol. The number of furan rings is 1. The van der Waals surface area contributed by atoms with Gasteiger partial charge in [-0.05, 0) is 91.0 Å². The van der Waals surface area contributed by atoms with Gasteiger partial charge in [0.05, 0.1) is 0 Å². The van der Waals surface area contributed by atoms with Crippen molar-refractivity contribution in [2.75, 3.05) is 0 Å². The fraction of sp³-hybridized carbons (Fsp3) is 0.0185. The molecule has 4 nitrogen and oxygen atoms in total. The van der Waals surface area contributed by atoms with Gasteiger partial charge in [-0.15, -0.1) is 0 Å². The lowest BCUT2D eigenvalue weighted by Gasteiger charge is -2.14. The number of fused-ring (bicyclic) bond motifs is 8. The molecule has 58 heavy (non-hydrogen) atoms. The normalized spacial score (nSPS) is 12.1. The van der Waals surface area contributed by atoms with Gasteiger partial charge in [0.2, 0.25) is 0 Å². The first kappa shape index (κ1) is 33.6. The lowest BCUT2D eigenvalue weighted by Crippen LogP contribution is -2.01. The SMILES string of the molecule is C/C=C\C=C/c1cccc2ccc(-c3nc(-c4cccc5c(-c6cccc7oc8ccccc8c67)cccc45)nc(-c4cc5ccccc5c5ccccc45)n3)cc12. The Hall–Kier alpha value is -7.69. The Balaban J connectivity index is 1.17. The minimum absolute atomic E-state index is 0.619. The van der Waals surface area contributed by atoms with E-state index in [0.717, 1.165) is 93.0 Å². The quantitative estimate of drug-likeness (QED) is 0.126. The number of benzene rings is 9. The third-order valence-electron chi connectivity index (χ3n) is 11.3. The molecular weight excluding hydrogens is 707 g/mol. The largest absolute Gasteiger partial charge is 0.456 e. The first-order valence-electron chi connectivity index (χ1n) is 19.6. The van der Waals surface area contributed by atoms with Crippen molar-refractivity contribution in [3.05, 3.63) is 194 Å². The van der Waals surface area contributed by atoms with Crippen LogP contribution in [0.25, 0.3) is 116 Å². The van der Waals surface area contributed by atoms with Crippen LogP contribution in [-0.2, 0) is 0 Å². The summed E-state index contributed by atoms with van der Waals surface area (Å²) >= 11 is 0. The van der Waals surface area contributed by atoms with Crippen molar-refractivity contribution >= 4 is 71.1 Å². The molecule has 0 N–H and O–H groups in total. The number of aromatic nitrogens is 3. The van der Waals surface area contributed by atoms with Crippen LogP contribution in [0.15, 0.2) is 193 Å². The molecule has 9 aromatic carbocycles. The maximum Gasteiger partial charge on any atom is 0.164 e. The number of allylic oxidation sites excluding steroid dienone is 3. The Labute approximate surface area is 335 Å². The Bertz CT molecular complexity index is 3480. The van der Waals surface area contributed by atoms with Crippen LogP contribution in [0, 0.1) is 0 Å². The smallest absolute Gasteiger partial charge is 0.164 e. The third kappa shape index (κ3) is 5.57. The van der Waals surface area contributed by atoms with Crippen LogP contribution in [0.3, 0.4) is 0 Å². The lowest BCUT2D eigenvalue weighted by atomic mass is 9.92. The Kier molecular flexibility index (Phi) is 8.00. The second-order valence-corrected chi connectivity index (χ2v) is 14.6. The van der Waals surface area contributed by atoms with E-state index in [4.69, 9.17) is 19.4 Å². The molecule has 0 unspecified atom stereocenters. The zero-order chi connectivity index (χ0) is 38.6. The summed E-state index contributed by atoms with van der Waals surface area (Å²) in [5, 5.41) is 11.3. The molecule has 0 saturated carbocycles. The first-order chi connectivity index (χ1) is 28.7. The van der Waals surface area contributed by atoms with E-state index >= 15 is 0 Å².